The summed E-state index contributed by atoms with van der Waals surface area (Å²) in [4.78, 5) is 22.0. The number of halogens is 1. The van der Waals surface area contributed by atoms with Gasteiger partial charge in [-0.2, -0.15) is 0 Å². The van der Waals surface area contributed by atoms with Crippen molar-refractivity contribution in [2.24, 2.45) is 0 Å². The van der Waals surface area contributed by atoms with Crippen LogP contribution < -0.4 is 0 Å². The molecule has 0 atom stereocenters. The fourth-order valence-electron chi connectivity index (χ4n) is 1.88. The first-order valence-electron chi connectivity index (χ1n) is 7.71. The molecule has 0 radical (unpaired) electrons. The minimum absolute atomic E-state index is 0.286. The van der Waals surface area contributed by atoms with Crippen LogP contribution in [0.2, 0.25) is 0 Å². The van der Waals surface area contributed by atoms with Crippen LogP contribution in [0, 0.1) is 0 Å². The smallest absolute Gasteiger partial charge is 0.428 e. The molecule has 0 saturated carbocycles. The monoisotopic (exact) mass is 322 g/mol. The van der Waals surface area contributed by atoms with Gasteiger partial charge in [-0.25, -0.2) is 4.79 Å². The summed E-state index contributed by atoms with van der Waals surface area (Å²) >= 11 is 5.15. The van der Waals surface area contributed by atoms with Gasteiger partial charge in [0.25, 0.3) is 0 Å². The summed E-state index contributed by atoms with van der Waals surface area (Å²) < 4.78 is 13.5. The Balaban J connectivity index is 3.24. The topological polar surface area (TPSA) is 61.8 Å². The molecular weight excluding hydrogens is 296 g/mol. The van der Waals surface area contributed by atoms with Crippen LogP contribution in [0.5, 0.6) is 0 Å². The van der Waals surface area contributed by atoms with Crippen LogP contribution >= 0.6 is 11.6 Å². The summed E-state index contributed by atoms with van der Waals surface area (Å²) in [5.41, 5.74) is 0. The lowest BCUT2D eigenvalue weighted by Gasteiger charge is -2.05. The summed E-state index contributed by atoms with van der Waals surface area (Å²) in [5.74, 6) is -0.364. The third kappa shape index (κ3) is 15.2. The molecule has 0 aromatic heterocycles. The second-order valence-corrected chi connectivity index (χ2v) is 5.08. The second-order valence-electron chi connectivity index (χ2n) is 4.86. The Hall–Kier alpha value is -0.970. The molecule has 0 aliphatic heterocycles. The molecule has 0 bridgehead atoms. The van der Waals surface area contributed by atoms with Crippen molar-refractivity contribution in [1.29, 1.82) is 0 Å². The first kappa shape index (κ1) is 20.0. The molecule has 21 heavy (non-hydrogen) atoms. The van der Waals surface area contributed by atoms with E-state index in [-0.39, 0.29) is 12.0 Å². The maximum atomic E-state index is 11.3. The molecule has 0 amide bonds. The number of unbranched alkanes of at least 4 members (excludes halogenated alkanes) is 8. The van der Waals surface area contributed by atoms with Crippen LogP contribution in [-0.4, -0.2) is 25.0 Å². The zero-order valence-electron chi connectivity index (χ0n) is 12.9. The predicted molar refractivity (Wildman–Crippen MR) is 81.1 cm³/mol. The molecule has 0 rings (SSSR count). The molecule has 5 nitrogen and oxygen atoms in total. The predicted octanol–water partition coefficient (Wildman–Crippen LogP) is 4.76. The largest absolute Gasteiger partial charge is 0.512 e. The van der Waals surface area contributed by atoms with Gasteiger partial charge in [0.15, 0.2) is 6.07 Å². The number of hydrogen-bond acceptors (Lipinski definition) is 5. The van der Waals surface area contributed by atoms with Gasteiger partial charge >= 0.3 is 12.1 Å². The van der Waals surface area contributed by atoms with Gasteiger partial charge in [0.1, 0.15) is 0 Å². The highest BCUT2D eigenvalue weighted by Crippen LogP contribution is 2.10. The van der Waals surface area contributed by atoms with Gasteiger partial charge in [-0.05, 0) is 6.42 Å². The van der Waals surface area contributed by atoms with Crippen molar-refractivity contribution in [1.82, 2.24) is 0 Å². The molecule has 6 heteroatoms. The molecule has 0 heterocycles. The van der Waals surface area contributed by atoms with Crippen molar-refractivity contribution in [3.05, 3.63) is 0 Å². The van der Waals surface area contributed by atoms with E-state index in [4.69, 9.17) is 16.3 Å². The zero-order valence-corrected chi connectivity index (χ0v) is 13.7. The number of ether oxygens (including phenoxy) is 3. The Bertz CT molecular complexity index is 271. The lowest BCUT2D eigenvalue weighted by Crippen LogP contribution is -2.13. The fourth-order valence-corrected chi connectivity index (χ4v) is 1.97. The van der Waals surface area contributed by atoms with Crippen molar-refractivity contribution >= 4 is 23.7 Å². The molecular formula is C15H27ClO5. The third-order valence-corrected chi connectivity index (χ3v) is 3.16. The van der Waals surface area contributed by atoms with E-state index in [9.17, 15) is 9.59 Å². The fraction of sp³-hybridized carbons (Fsp3) is 0.867. The highest BCUT2D eigenvalue weighted by molar-refractivity contribution is 6.17. The molecule has 0 aliphatic carbocycles. The van der Waals surface area contributed by atoms with Gasteiger partial charge in [0, 0.05) is 6.42 Å². The van der Waals surface area contributed by atoms with Gasteiger partial charge in [-0.15, -0.1) is 0 Å². The number of carbonyl (C=O) groups excluding carboxylic acids is 2. The standard InChI is InChI=1S/C15H27ClO5/c1-2-3-4-5-6-7-8-9-10-11-14(17)20-13-21-15(18)19-12-16/h2-13H2,1H3. The summed E-state index contributed by atoms with van der Waals surface area (Å²) in [5, 5.41) is 0. The van der Waals surface area contributed by atoms with E-state index in [1.165, 1.54) is 38.5 Å². The molecule has 0 aromatic rings. The van der Waals surface area contributed by atoms with Crippen molar-refractivity contribution in [3.63, 3.8) is 0 Å². The molecule has 124 valence electrons. The van der Waals surface area contributed by atoms with Crippen LogP contribution in [-0.2, 0) is 19.0 Å². The van der Waals surface area contributed by atoms with E-state index < -0.39 is 12.9 Å². The van der Waals surface area contributed by atoms with E-state index in [0.29, 0.717) is 6.42 Å². The SMILES string of the molecule is CCCCCCCCCCCC(=O)OCOC(=O)OCCl. The minimum atomic E-state index is -0.944. The molecule has 0 unspecified atom stereocenters. The number of alkyl halides is 1. The number of carbonyl (C=O) groups is 2. The van der Waals surface area contributed by atoms with Gasteiger partial charge in [-0.3, -0.25) is 4.79 Å². The number of rotatable bonds is 13. The molecule has 0 fully saturated rings. The minimum Gasteiger partial charge on any atom is -0.428 e. The van der Waals surface area contributed by atoms with E-state index in [1.807, 2.05) is 0 Å². The quantitative estimate of drug-likeness (QED) is 0.212. The maximum absolute atomic E-state index is 11.3. The first-order valence-corrected chi connectivity index (χ1v) is 8.25. The van der Waals surface area contributed by atoms with E-state index in [0.717, 1.165) is 19.3 Å². The van der Waals surface area contributed by atoms with Crippen LogP contribution in [0.25, 0.3) is 0 Å². The lowest BCUT2D eigenvalue weighted by molar-refractivity contribution is -0.153. The van der Waals surface area contributed by atoms with Crippen LogP contribution in [0.4, 0.5) is 4.79 Å². The average molecular weight is 323 g/mol. The Morgan fingerprint density at radius 2 is 1.38 bits per heavy atom. The van der Waals surface area contributed by atoms with Crippen molar-refractivity contribution in [2.75, 3.05) is 12.9 Å². The maximum Gasteiger partial charge on any atom is 0.512 e. The lowest BCUT2D eigenvalue weighted by atomic mass is 10.1. The molecule has 0 saturated heterocycles. The van der Waals surface area contributed by atoms with Gasteiger partial charge in [0.2, 0.25) is 6.79 Å². The zero-order chi connectivity index (χ0) is 15.8. The highest BCUT2D eigenvalue weighted by atomic mass is 35.5. The van der Waals surface area contributed by atoms with Crippen molar-refractivity contribution in [2.45, 2.75) is 71.1 Å². The average Bonchev–Trinajstić information content (AvgIpc) is 2.46. The van der Waals surface area contributed by atoms with Gasteiger partial charge in [-0.1, -0.05) is 69.9 Å². The second kappa shape index (κ2) is 15.4. The summed E-state index contributed by atoms with van der Waals surface area (Å²) in [6, 6.07) is -0.286. The molecule has 0 aromatic carbocycles. The highest BCUT2D eigenvalue weighted by Gasteiger charge is 2.06. The Morgan fingerprint density at radius 3 is 1.95 bits per heavy atom. The van der Waals surface area contributed by atoms with Crippen LogP contribution in [0.1, 0.15) is 71.1 Å². The summed E-state index contributed by atoms with van der Waals surface area (Å²) in [6.07, 6.45) is 10.1. The normalized spacial score (nSPS) is 10.2. The van der Waals surface area contributed by atoms with Gasteiger partial charge in [0.05, 0.1) is 0 Å². The Morgan fingerprint density at radius 1 is 0.810 bits per heavy atom. The molecule has 0 aliphatic rings. The van der Waals surface area contributed by atoms with Crippen LogP contribution in [0.15, 0.2) is 0 Å². The van der Waals surface area contributed by atoms with Gasteiger partial charge < -0.3 is 14.2 Å². The third-order valence-electron chi connectivity index (χ3n) is 3.05. The van der Waals surface area contributed by atoms with E-state index in [2.05, 4.69) is 16.4 Å². The molecule has 0 N–H and O–H groups in total. The van der Waals surface area contributed by atoms with Crippen molar-refractivity contribution < 1.29 is 23.8 Å². The number of esters is 1. The Kier molecular flexibility index (Phi) is 14.7. The van der Waals surface area contributed by atoms with Crippen molar-refractivity contribution in [3.8, 4) is 0 Å². The summed E-state index contributed by atoms with van der Waals surface area (Å²) in [7, 11) is 0. The van der Waals surface area contributed by atoms with E-state index in [1.54, 1.807) is 0 Å². The first-order chi connectivity index (χ1) is 10.2. The van der Waals surface area contributed by atoms with E-state index >= 15 is 0 Å². The Labute approximate surface area is 132 Å². The number of hydrogen-bond donors (Lipinski definition) is 0. The summed E-state index contributed by atoms with van der Waals surface area (Å²) in [6.45, 7) is 1.79. The molecule has 0 spiro atoms. The van der Waals surface area contributed by atoms with Crippen LogP contribution in [0.3, 0.4) is 0 Å².